The highest BCUT2D eigenvalue weighted by molar-refractivity contribution is 7.99. The van der Waals surface area contributed by atoms with Crippen LogP contribution in [0, 0.1) is 0 Å². The minimum absolute atomic E-state index is 0.141. The summed E-state index contributed by atoms with van der Waals surface area (Å²) < 4.78 is 17.6. The molecule has 9 nitrogen and oxygen atoms in total. The van der Waals surface area contributed by atoms with Crippen LogP contribution < -0.4 is 19.5 Å². The lowest BCUT2D eigenvalue weighted by Crippen LogP contribution is -2.15. The number of aromatic nitrogens is 4. The Morgan fingerprint density at radius 3 is 2.48 bits per heavy atom. The van der Waals surface area contributed by atoms with E-state index in [1.54, 1.807) is 55.1 Å². The number of amides is 1. The molecule has 0 spiro atoms. The van der Waals surface area contributed by atoms with Gasteiger partial charge in [0.15, 0.2) is 23.0 Å². The number of nitrogens with one attached hydrogen (secondary N) is 1. The van der Waals surface area contributed by atoms with E-state index in [9.17, 15) is 4.79 Å². The number of hydrogen-bond acceptors (Lipinski definition) is 8. The number of ether oxygens (including phenoxy) is 3. The van der Waals surface area contributed by atoms with Crippen molar-refractivity contribution in [2.75, 3.05) is 32.4 Å². The number of carbonyl (C=O) groups excluding carboxylic acids is 1. The summed E-state index contributed by atoms with van der Waals surface area (Å²) in [5.74, 6) is 2.18. The molecule has 4 rings (SSSR count). The number of rotatable bonds is 8. The Kier molecular flexibility index (Phi) is 6.85. The van der Waals surface area contributed by atoms with E-state index in [-0.39, 0.29) is 11.7 Å². The lowest BCUT2D eigenvalue weighted by Gasteiger charge is -2.10. The number of carbonyl (C=O) groups is 1. The van der Waals surface area contributed by atoms with Crippen LogP contribution in [0.2, 0.25) is 5.02 Å². The Balaban J connectivity index is 1.52. The lowest BCUT2D eigenvalue weighted by molar-refractivity contribution is -0.113. The topological polar surface area (TPSA) is 99.9 Å². The molecule has 0 atom stereocenters. The molecule has 0 saturated carbocycles. The van der Waals surface area contributed by atoms with E-state index in [0.717, 1.165) is 5.56 Å². The fourth-order valence-corrected chi connectivity index (χ4v) is 3.93. The molecule has 2 aromatic carbocycles. The van der Waals surface area contributed by atoms with Gasteiger partial charge in [0.2, 0.25) is 5.91 Å². The van der Waals surface area contributed by atoms with Gasteiger partial charge in [-0.1, -0.05) is 23.4 Å². The third kappa shape index (κ3) is 4.96. The van der Waals surface area contributed by atoms with Crippen molar-refractivity contribution >= 4 is 40.6 Å². The first-order valence-corrected chi connectivity index (χ1v) is 11.1. The molecule has 2 heterocycles. The summed E-state index contributed by atoms with van der Waals surface area (Å²) in [7, 11) is 4.68. The first kappa shape index (κ1) is 22.7. The van der Waals surface area contributed by atoms with Gasteiger partial charge in [-0.05, 0) is 48.5 Å². The Hall–Kier alpha value is -3.50. The number of halogens is 1. The van der Waals surface area contributed by atoms with Crippen LogP contribution in [-0.2, 0) is 4.79 Å². The Bertz CT molecular complexity index is 1310. The summed E-state index contributed by atoms with van der Waals surface area (Å²) in [6.45, 7) is 0. The minimum Gasteiger partial charge on any atom is -0.495 e. The first-order chi connectivity index (χ1) is 16.0. The van der Waals surface area contributed by atoms with E-state index in [1.165, 1.54) is 18.9 Å². The monoisotopic (exact) mass is 485 g/mol. The van der Waals surface area contributed by atoms with Gasteiger partial charge in [-0.15, -0.1) is 10.2 Å². The highest BCUT2D eigenvalue weighted by atomic mass is 35.5. The number of nitrogens with zero attached hydrogens (tertiary/aromatic N) is 4. The second kappa shape index (κ2) is 9.97. The zero-order valence-corrected chi connectivity index (χ0v) is 19.6. The Morgan fingerprint density at radius 1 is 0.970 bits per heavy atom. The zero-order valence-electron chi connectivity index (χ0n) is 18.0. The SMILES string of the molecule is COc1ccc(Cl)cc1NC(=O)CSc1ccc2nnc(-c3ccc(OC)c(OC)c3)n2n1. The molecule has 1 amide bonds. The number of thioether (sulfide) groups is 1. The number of anilines is 1. The van der Waals surface area contributed by atoms with Crippen LogP contribution in [-0.4, -0.2) is 52.8 Å². The van der Waals surface area contributed by atoms with Crippen molar-refractivity contribution in [2.24, 2.45) is 0 Å². The summed E-state index contributed by atoms with van der Waals surface area (Å²) in [4.78, 5) is 12.5. The Morgan fingerprint density at radius 2 is 1.73 bits per heavy atom. The summed E-state index contributed by atoms with van der Waals surface area (Å²) in [6.07, 6.45) is 0. The van der Waals surface area contributed by atoms with Crippen molar-refractivity contribution in [2.45, 2.75) is 5.03 Å². The van der Waals surface area contributed by atoms with Crippen LogP contribution in [0.3, 0.4) is 0 Å². The largest absolute Gasteiger partial charge is 0.495 e. The molecule has 0 aliphatic rings. The fraction of sp³-hybridized carbons (Fsp3) is 0.182. The molecule has 0 fully saturated rings. The maximum atomic E-state index is 12.5. The van der Waals surface area contributed by atoms with E-state index in [1.807, 2.05) is 12.1 Å². The van der Waals surface area contributed by atoms with Crippen LogP contribution in [0.15, 0.2) is 53.6 Å². The van der Waals surface area contributed by atoms with Gasteiger partial charge in [0.05, 0.1) is 32.8 Å². The van der Waals surface area contributed by atoms with E-state index in [2.05, 4.69) is 20.6 Å². The Labute approximate surface area is 199 Å². The number of benzene rings is 2. The van der Waals surface area contributed by atoms with Gasteiger partial charge in [-0.25, -0.2) is 0 Å². The molecule has 33 heavy (non-hydrogen) atoms. The minimum atomic E-state index is -0.216. The highest BCUT2D eigenvalue weighted by Gasteiger charge is 2.14. The summed E-state index contributed by atoms with van der Waals surface area (Å²) in [5.41, 5.74) is 1.85. The molecule has 0 saturated heterocycles. The van der Waals surface area contributed by atoms with Crippen molar-refractivity contribution < 1.29 is 19.0 Å². The molecule has 170 valence electrons. The van der Waals surface area contributed by atoms with Crippen molar-refractivity contribution in [3.8, 4) is 28.6 Å². The van der Waals surface area contributed by atoms with E-state index in [4.69, 9.17) is 25.8 Å². The molecule has 2 aromatic heterocycles. The van der Waals surface area contributed by atoms with Gasteiger partial charge < -0.3 is 19.5 Å². The van der Waals surface area contributed by atoms with Gasteiger partial charge in [0, 0.05) is 10.6 Å². The van der Waals surface area contributed by atoms with Crippen LogP contribution in [0.1, 0.15) is 0 Å². The highest BCUT2D eigenvalue weighted by Crippen LogP contribution is 2.32. The smallest absolute Gasteiger partial charge is 0.234 e. The quantitative estimate of drug-likeness (QED) is 0.371. The normalized spacial score (nSPS) is 10.8. The maximum Gasteiger partial charge on any atom is 0.234 e. The summed E-state index contributed by atoms with van der Waals surface area (Å²) in [5, 5.41) is 17.0. The summed E-state index contributed by atoms with van der Waals surface area (Å²) >= 11 is 7.31. The van der Waals surface area contributed by atoms with Gasteiger partial charge in [-0.2, -0.15) is 9.61 Å². The average Bonchev–Trinajstić information content (AvgIpc) is 3.25. The zero-order chi connectivity index (χ0) is 23.4. The van der Waals surface area contributed by atoms with Gasteiger partial charge in [-0.3, -0.25) is 4.79 Å². The van der Waals surface area contributed by atoms with E-state index >= 15 is 0 Å². The average molecular weight is 486 g/mol. The van der Waals surface area contributed by atoms with Crippen LogP contribution >= 0.6 is 23.4 Å². The number of methoxy groups -OCH3 is 3. The number of hydrogen-bond donors (Lipinski definition) is 1. The first-order valence-electron chi connectivity index (χ1n) is 9.73. The summed E-state index contributed by atoms with van der Waals surface area (Å²) in [6, 6.07) is 14.1. The third-order valence-corrected chi connectivity index (χ3v) is 5.82. The van der Waals surface area contributed by atoms with Crippen molar-refractivity contribution in [1.82, 2.24) is 19.8 Å². The predicted octanol–water partition coefficient (Wildman–Crippen LogP) is 4.20. The van der Waals surface area contributed by atoms with Crippen molar-refractivity contribution in [1.29, 1.82) is 0 Å². The molecule has 11 heteroatoms. The number of fused-ring (bicyclic) bond motifs is 1. The maximum absolute atomic E-state index is 12.5. The predicted molar refractivity (Wildman–Crippen MR) is 127 cm³/mol. The molecule has 0 bridgehead atoms. The molecular weight excluding hydrogens is 466 g/mol. The van der Waals surface area contributed by atoms with Crippen LogP contribution in [0.25, 0.3) is 17.0 Å². The molecule has 0 unspecified atom stereocenters. The standard InChI is InChI=1S/C22H20ClN5O4S/c1-30-16-7-5-14(23)11-15(16)24-20(29)12-33-21-9-8-19-25-26-22(28(19)27-21)13-4-6-17(31-2)18(10-13)32-3/h4-11H,12H2,1-3H3,(H,24,29). The lowest BCUT2D eigenvalue weighted by atomic mass is 10.2. The second-order valence-corrected chi connectivity index (χ2v) is 8.15. The molecule has 0 radical (unpaired) electrons. The molecule has 0 aliphatic heterocycles. The fourth-order valence-electron chi connectivity index (χ4n) is 3.11. The van der Waals surface area contributed by atoms with Gasteiger partial charge in [0.1, 0.15) is 10.8 Å². The molecular formula is C22H20ClN5O4S. The van der Waals surface area contributed by atoms with Crippen LogP contribution in [0.4, 0.5) is 5.69 Å². The molecule has 1 N–H and O–H groups in total. The van der Waals surface area contributed by atoms with Crippen LogP contribution in [0.5, 0.6) is 17.2 Å². The molecule has 0 aliphatic carbocycles. The van der Waals surface area contributed by atoms with Gasteiger partial charge >= 0.3 is 0 Å². The van der Waals surface area contributed by atoms with E-state index in [0.29, 0.717) is 44.5 Å². The molecule has 4 aromatic rings. The third-order valence-electron chi connectivity index (χ3n) is 4.67. The van der Waals surface area contributed by atoms with E-state index < -0.39 is 0 Å². The second-order valence-electron chi connectivity index (χ2n) is 6.72. The van der Waals surface area contributed by atoms with Gasteiger partial charge in [0.25, 0.3) is 0 Å². The van der Waals surface area contributed by atoms with Crippen molar-refractivity contribution in [3.63, 3.8) is 0 Å². The van der Waals surface area contributed by atoms with Crippen molar-refractivity contribution in [3.05, 3.63) is 53.6 Å².